The van der Waals surface area contributed by atoms with Gasteiger partial charge in [-0.3, -0.25) is 9.59 Å². The molecule has 1 aliphatic carbocycles. The summed E-state index contributed by atoms with van der Waals surface area (Å²) in [4.78, 5) is 33.5. The third-order valence-electron chi connectivity index (χ3n) is 5.48. The van der Waals surface area contributed by atoms with E-state index in [1.807, 2.05) is 35.0 Å². The van der Waals surface area contributed by atoms with E-state index in [-0.39, 0.29) is 17.7 Å². The highest BCUT2D eigenvalue weighted by Gasteiger charge is 2.35. The van der Waals surface area contributed by atoms with Crippen molar-refractivity contribution in [3.8, 4) is 0 Å². The maximum Gasteiger partial charge on any atom is 0.254 e. The molecule has 1 aromatic heterocycles. The van der Waals surface area contributed by atoms with Crippen molar-refractivity contribution < 1.29 is 9.59 Å². The summed E-state index contributed by atoms with van der Waals surface area (Å²) in [5, 5.41) is 0. The standard InChI is InChI=1S/C20H26N4O2/c1-13(2)18-21-16-12-15(6-7-17(16)22(18)3)20(26)24-10-8-23(9-11-24)19(25)14-4-5-14/h6-7,12-14H,4-5,8-11H2,1-3H3. The molecule has 0 atom stereocenters. The number of hydrogen-bond donors (Lipinski definition) is 0. The highest BCUT2D eigenvalue weighted by atomic mass is 16.2. The van der Waals surface area contributed by atoms with Crippen molar-refractivity contribution >= 4 is 22.8 Å². The molecule has 1 aliphatic heterocycles. The lowest BCUT2D eigenvalue weighted by Crippen LogP contribution is -2.51. The quantitative estimate of drug-likeness (QED) is 0.850. The van der Waals surface area contributed by atoms with Gasteiger partial charge in [0, 0.05) is 50.6 Å². The van der Waals surface area contributed by atoms with Crippen LogP contribution in [0.1, 0.15) is 48.8 Å². The SMILES string of the molecule is CC(C)c1nc2cc(C(=O)N3CCN(C(=O)C4CC4)CC3)ccc2n1C. The van der Waals surface area contributed by atoms with E-state index in [9.17, 15) is 9.59 Å². The molecule has 1 saturated carbocycles. The second-order valence-corrected chi connectivity index (χ2v) is 7.78. The minimum Gasteiger partial charge on any atom is -0.339 e. The first-order valence-electron chi connectivity index (χ1n) is 9.50. The predicted octanol–water partition coefficient (Wildman–Crippen LogP) is 2.39. The van der Waals surface area contributed by atoms with Gasteiger partial charge in [0.05, 0.1) is 11.0 Å². The van der Waals surface area contributed by atoms with E-state index < -0.39 is 0 Å². The van der Waals surface area contributed by atoms with Gasteiger partial charge in [-0.25, -0.2) is 4.98 Å². The molecule has 0 unspecified atom stereocenters. The lowest BCUT2D eigenvalue weighted by atomic mass is 10.1. The van der Waals surface area contributed by atoms with Crippen molar-refractivity contribution in [1.29, 1.82) is 0 Å². The monoisotopic (exact) mass is 354 g/mol. The van der Waals surface area contributed by atoms with Gasteiger partial charge in [0.15, 0.2) is 0 Å². The third-order valence-corrected chi connectivity index (χ3v) is 5.48. The number of carbonyl (C=O) groups is 2. The minimum atomic E-state index is 0.0298. The molecule has 2 aliphatic rings. The van der Waals surface area contributed by atoms with E-state index in [2.05, 4.69) is 18.4 Å². The summed E-state index contributed by atoms with van der Waals surface area (Å²) >= 11 is 0. The Kier molecular flexibility index (Phi) is 4.21. The van der Waals surface area contributed by atoms with Crippen molar-refractivity contribution in [3.63, 3.8) is 0 Å². The highest BCUT2D eigenvalue weighted by molar-refractivity contribution is 5.97. The number of imidazole rings is 1. The Bertz CT molecular complexity index is 858. The van der Waals surface area contributed by atoms with E-state index in [0.29, 0.717) is 37.7 Å². The number of aromatic nitrogens is 2. The van der Waals surface area contributed by atoms with Gasteiger partial charge in [0.1, 0.15) is 5.82 Å². The fourth-order valence-electron chi connectivity index (χ4n) is 3.77. The average Bonchev–Trinajstić information content (AvgIpc) is 3.44. The molecule has 0 radical (unpaired) electrons. The van der Waals surface area contributed by atoms with Crippen LogP contribution in [0.3, 0.4) is 0 Å². The van der Waals surface area contributed by atoms with Crippen LogP contribution < -0.4 is 0 Å². The van der Waals surface area contributed by atoms with Crippen LogP contribution in [0.4, 0.5) is 0 Å². The first-order chi connectivity index (χ1) is 12.5. The summed E-state index contributed by atoms with van der Waals surface area (Å²) in [6.45, 7) is 6.74. The van der Waals surface area contributed by atoms with Crippen LogP contribution in [0.15, 0.2) is 18.2 Å². The first kappa shape index (κ1) is 17.1. The summed E-state index contributed by atoms with van der Waals surface area (Å²) in [6, 6.07) is 5.76. The number of aryl methyl sites for hydroxylation is 1. The van der Waals surface area contributed by atoms with Crippen LogP contribution in [-0.2, 0) is 11.8 Å². The summed E-state index contributed by atoms with van der Waals surface area (Å²) in [5.74, 6) is 1.91. The minimum absolute atomic E-state index is 0.0298. The summed E-state index contributed by atoms with van der Waals surface area (Å²) in [5.41, 5.74) is 2.59. The summed E-state index contributed by atoms with van der Waals surface area (Å²) in [6.07, 6.45) is 2.06. The van der Waals surface area contributed by atoms with Gasteiger partial charge in [0.25, 0.3) is 5.91 Å². The summed E-state index contributed by atoms with van der Waals surface area (Å²) < 4.78 is 2.09. The van der Waals surface area contributed by atoms with Gasteiger partial charge >= 0.3 is 0 Å². The van der Waals surface area contributed by atoms with Crippen molar-refractivity contribution in [2.75, 3.05) is 26.2 Å². The van der Waals surface area contributed by atoms with Crippen LogP contribution in [0.2, 0.25) is 0 Å². The fraction of sp³-hybridized carbons (Fsp3) is 0.550. The number of carbonyl (C=O) groups excluding carboxylic acids is 2. The Morgan fingerprint density at radius 2 is 1.73 bits per heavy atom. The smallest absolute Gasteiger partial charge is 0.254 e. The molecule has 0 bridgehead atoms. The van der Waals surface area contributed by atoms with Crippen LogP contribution >= 0.6 is 0 Å². The van der Waals surface area contributed by atoms with Crippen molar-refractivity contribution in [2.24, 2.45) is 13.0 Å². The number of fused-ring (bicyclic) bond motifs is 1. The van der Waals surface area contributed by atoms with Gasteiger partial charge < -0.3 is 14.4 Å². The molecular weight excluding hydrogens is 328 g/mol. The molecule has 2 aromatic rings. The van der Waals surface area contributed by atoms with Gasteiger partial charge in [-0.15, -0.1) is 0 Å². The Morgan fingerprint density at radius 3 is 2.35 bits per heavy atom. The molecule has 1 aromatic carbocycles. The lowest BCUT2D eigenvalue weighted by Gasteiger charge is -2.35. The van der Waals surface area contributed by atoms with Crippen LogP contribution in [0.5, 0.6) is 0 Å². The Hall–Kier alpha value is -2.37. The topological polar surface area (TPSA) is 58.4 Å². The lowest BCUT2D eigenvalue weighted by molar-refractivity contribution is -0.134. The van der Waals surface area contributed by atoms with E-state index >= 15 is 0 Å². The fourth-order valence-corrected chi connectivity index (χ4v) is 3.77. The number of rotatable bonds is 3. The molecule has 26 heavy (non-hydrogen) atoms. The van der Waals surface area contributed by atoms with E-state index in [1.54, 1.807) is 0 Å². The Labute approximate surface area is 153 Å². The van der Waals surface area contributed by atoms with Gasteiger partial charge in [-0.1, -0.05) is 13.8 Å². The molecule has 6 nitrogen and oxygen atoms in total. The van der Waals surface area contributed by atoms with Crippen molar-refractivity contribution in [3.05, 3.63) is 29.6 Å². The second kappa shape index (κ2) is 6.41. The van der Waals surface area contributed by atoms with E-state index in [1.165, 1.54) is 0 Å². The zero-order valence-electron chi connectivity index (χ0n) is 15.7. The van der Waals surface area contributed by atoms with Gasteiger partial charge in [0.2, 0.25) is 5.91 Å². The normalized spacial score (nSPS) is 18.0. The molecular formula is C20H26N4O2. The van der Waals surface area contributed by atoms with Gasteiger partial charge in [-0.05, 0) is 31.0 Å². The average molecular weight is 354 g/mol. The van der Waals surface area contributed by atoms with Gasteiger partial charge in [-0.2, -0.15) is 0 Å². The molecule has 138 valence electrons. The summed E-state index contributed by atoms with van der Waals surface area (Å²) in [7, 11) is 2.02. The van der Waals surface area contributed by atoms with Crippen LogP contribution in [0, 0.1) is 5.92 Å². The number of nitrogens with zero attached hydrogens (tertiary/aromatic N) is 4. The van der Waals surface area contributed by atoms with Crippen molar-refractivity contribution in [2.45, 2.75) is 32.6 Å². The number of piperazine rings is 1. The molecule has 1 saturated heterocycles. The van der Waals surface area contributed by atoms with Crippen molar-refractivity contribution in [1.82, 2.24) is 19.4 Å². The molecule has 2 fully saturated rings. The third kappa shape index (κ3) is 2.97. The maximum atomic E-state index is 12.9. The van der Waals surface area contributed by atoms with E-state index in [4.69, 9.17) is 4.98 Å². The predicted molar refractivity (Wildman–Crippen MR) is 100 cm³/mol. The first-order valence-corrected chi connectivity index (χ1v) is 9.50. The van der Waals surface area contributed by atoms with Crippen LogP contribution in [-0.4, -0.2) is 57.3 Å². The zero-order chi connectivity index (χ0) is 18.4. The van der Waals surface area contributed by atoms with E-state index in [0.717, 1.165) is 29.7 Å². The maximum absolute atomic E-state index is 12.9. The van der Waals surface area contributed by atoms with Crippen LogP contribution in [0.25, 0.3) is 11.0 Å². The number of amides is 2. The molecule has 0 N–H and O–H groups in total. The largest absolute Gasteiger partial charge is 0.339 e. The highest BCUT2D eigenvalue weighted by Crippen LogP contribution is 2.31. The zero-order valence-corrected chi connectivity index (χ0v) is 15.7. The molecule has 4 rings (SSSR count). The Balaban J connectivity index is 1.48. The number of hydrogen-bond acceptors (Lipinski definition) is 3. The second-order valence-electron chi connectivity index (χ2n) is 7.78. The molecule has 0 spiro atoms. The molecule has 2 amide bonds. The molecule has 2 heterocycles. The number of benzene rings is 1. The Morgan fingerprint density at radius 1 is 1.08 bits per heavy atom. The molecule has 6 heteroatoms.